The minimum absolute atomic E-state index is 1.16. The van der Waals surface area contributed by atoms with Crippen LogP contribution in [0.1, 0.15) is 20.8 Å². The van der Waals surface area contributed by atoms with Crippen molar-refractivity contribution in [3.8, 4) is 0 Å². The standard InChI is InChI=1S/C11H14S2/c1-5-6-7-11-10(4)12-8(2)9(3)13-11/h5-7H,4H2,1-3H3/b6-5-,11-7+. The van der Waals surface area contributed by atoms with Gasteiger partial charge < -0.3 is 0 Å². The Labute approximate surface area is 88.9 Å². The average Bonchev–Trinajstić information content (AvgIpc) is 2.09. The zero-order chi connectivity index (χ0) is 9.84. The molecule has 0 spiro atoms. The first-order valence-electron chi connectivity index (χ1n) is 4.20. The van der Waals surface area contributed by atoms with Crippen molar-refractivity contribution in [1.82, 2.24) is 0 Å². The predicted octanol–water partition coefficient (Wildman–Crippen LogP) is 4.69. The van der Waals surface area contributed by atoms with E-state index in [0.717, 1.165) is 4.91 Å². The molecular weight excluding hydrogens is 196 g/mol. The molecule has 70 valence electrons. The van der Waals surface area contributed by atoms with Gasteiger partial charge in [0.1, 0.15) is 0 Å². The molecule has 0 bridgehead atoms. The Morgan fingerprint density at radius 1 is 1.15 bits per heavy atom. The SMILES string of the molecule is C=C1SC(C)=C(C)S/C1=C/C=C\C. The molecular formula is C11H14S2. The van der Waals surface area contributed by atoms with Crippen molar-refractivity contribution >= 4 is 23.5 Å². The molecule has 0 aliphatic carbocycles. The third-order valence-corrected chi connectivity index (χ3v) is 4.30. The van der Waals surface area contributed by atoms with Crippen LogP contribution in [-0.4, -0.2) is 0 Å². The smallest absolute Gasteiger partial charge is 0.0252 e. The maximum Gasteiger partial charge on any atom is 0.0252 e. The quantitative estimate of drug-likeness (QED) is 0.615. The molecule has 0 aromatic rings. The van der Waals surface area contributed by atoms with Crippen LogP contribution in [0.3, 0.4) is 0 Å². The van der Waals surface area contributed by atoms with Gasteiger partial charge in [-0.25, -0.2) is 0 Å². The lowest BCUT2D eigenvalue weighted by molar-refractivity contribution is 1.54. The normalized spacial score (nSPS) is 22.1. The first-order chi connectivity index (χ1) is 6.15. The maximum atomic E-state index is 4.04. The van der Waals surface area contributed by atoms with Crippen molar-refractivity contribution in [2.75, 3.05) is 0 Å². The predicted molar refractivity (Wildman–Crippen MR) is 65.6 cm³/mol. The van der Waals surface area contributed by atoms with Crippen molar-refractivity contribution in [3.63, 3.8) is 0 Å². The van der Waals surface area contributed by atoms with E-state index >= 15 is 0 Å². The summed E-state index contributed by atoms with van der Waals surface area (Å²) in [6, 6.07) is 0. The van der Waals surface area contributed by atoms with Crippen molar-refractivity contribution in [3.05, 3.63) is 44.4 Å². The first-order valence-corrected chi connectivity index (χ1v) is 5.84. The van der Waals surface area contributed by atoms with Crippen LogP contribution in [0.5, 0.6) is 0 Å². The first kappa shape index (κ1) is 10.7. The third-order valence-electron chi connectivity index (χ3n) is 1.75. The molecule has 2 heteroatoms. The summed E-state index contributed by atoms with van der Waals surface area (Å²) in [6.07, 6.45) is 6.21. The molecule has 0 saturated carbocycles. The molecule has 0 saturated heterocycles. The number of hydrogen-bond donors (Lipinski definition) is 0. The highest BCUT2D eigenvalue weighted by Crippen LogP contribution is 2.46. The molecule has 0 amide bonds. The van der Waals surface area contributed by atoms with Crippen LogP contribution in [0.15, 0.2) is 44.4 Å². The second-order valence-corrected chi connectivity index (χ2v) is 5.36. The van der Waals surface area contributed by atoms with E-state index in [4.69, 9.17) is 0 Å². The van der Waals surface area contributed by atoms with E-state index in [2.05, 4.69) is 32.6 Å². The summed E-state index contributed by atoms with van der Waals surface area (Å²) in [5, 5.41) is 0. The maximum absolute atomic E-state index is 4.04. The molecule has 1 aliphatic rings. The highest BCUT2D eigenvalue weighted by atomic mass is 32.2. The Bertz CT molecular complexity index is 306. The van der Waals surface area contributed by atoms with Crippen LogP contribution in [0, 0.1) is 0 Å². The molecule has 1 rings (SSSR count). The number of rotatable bonds is 1. The van der Waals surface area contributed by atoms with Crippen molar-refractivity contribution < 1.29 is 0 Å². The van der Waals surface area contributed by atoms with E-state index in [1.807, 2.05) is 24.8 Å². The summed E-state index contributed by atoms with van der Waals surface area (Å²) in [6.45, 7) is 10.4. The van der Waals surface area contributed by atoms with Gasteiger partial charge in [-0.3, -0.25) is 0 Å². The summed E-state index contributed by atoms with van der Waals surface area (Å²) < 4.78 is 0. The van der Waals surface area contributed by atoms with Gasteiger partial charge in [0.2, 0.25) is 0 Å². The molecule has 0 fully saturated rings. The molecule has 0 nitrogen and oxygen atoms in total. The van der Waals surface area contributed by atoms with Gasteiger partial charge in [0.15, 0.2) is 0 Å². The van der Waals surface area contributed by atoms with Crippen LogP contribution in [0.2, 0.25) is 0 Å². The number of hydrogen-bond acceptors (Lipinski definition) is 2. The van der Waals surface area contributed by atoms with Gasteiger partial charge >= 0.3 is 0 Å². The van der Waals surface area contributed by atoms with Crippen LogP contribution in [-0.2, 0) is 0 Å². The summed E-state index contributed by atoms with van der Waals surface area (Å²) in [7, 11) is 0. The fourth-order valence-corrected chi connectivity index (χ4v) is 2.83. The molecule has 0 aromatic heterocycles. The number of thioether (sulfide) groups is 2. The van der Waals surface area contributed by atoms with Crippen molar-refractivity contribution in [2.45, 2.75) is 20.8 Å². The van der Waals surface area contributed by atoms with Crippen LogP contribution in [0.25, 0.3) is 0 Å². The van der Waals surface area contributed by atoms with E-state index in [0.29, 0.717) is 0 Å². The molecule has 0 radical (unpaired) electrons. The second-order valence-electron chi connectivity index (χ2n) is 2.80. The lowest BCUT2D eigenvalue weighted by atomic mass is 10.4. The van der Waals surface area contributed by atoms with Gasteiger partial charge in [0, 0.05) is 9.81 Å². The fourth-order valence-electron chi connectivity index (χ4n) is 0.911. The van der Waals surface area contributed by atoms with Crippen LogP contribution >= 0.6 is 23.5 Å². The largest absolute Gasteiger partial charge is 0.0935 e. The molecule has 13 heavy (non-hydrogen) atoms. The van der Waals surface area contributed by atoms with E-state index in [1.165, 1.54) is 14.7 Å². The highest BCUT2D eigenvalue weighted by molar-refractivity contribution is 8.14. The van der Waals surface area contributed by atoms with Gasteiger partial charge in [0.05, 0.1) is 0 Å². The Kier molecular flexibility index (Phi) is 3.94. The topological polar surface area (TPSA) is 0 Å². The zero-order valence-electron chi connectivity index (χ0n) is 8.26. The lowest BCUT2D eigenvalue weighted by Gasteiger charge is -2.18. The van der Waals surface area contributed by atoms with Crippen molar-refractivity contribution in [1.29, 1.82) is 0 Å². The van der Waals surface area contributed by atoms with Gasteiger partial charge in [-0.2, -0.15) is 0 Å². The molecule has 1 aliphatic heterocycles. The van der Waals surface area contributed by atoms with E-state index in [1.54, 1.807) is 11.8 Å². The minimum Gasteiger partial charge on any atom is -0.0935 e. The molecule has 0 N–H and O–H groups in total. The lowest BCUT2D eigenvalue weighted by Crippen LogP contribution is -1.88. The second kappa shape index (κ2) is 4.77. The van der Waals surface area contributed by atoms with E-state index in [-0.39, 0.29) is 0 Å². The molecule has 0 unspecified atom stereocenters. The Balaban J connectivity index is 2.88. The minimum atomic E-state index is 1.16. The van der Waals surface area contributed by atoms with Gasteiger partial charge in [-0.1, -0.05) is 42.3 Å². The molecule has 0 atom stereocenters. The van der Waals surface area contributed by atoms with E-state index < -0.39 is 0 Å². The average molecular weight is 210 g/mol. The zero-order valence-corrected chi connectivity index (χ0v) is 9.89. The van der Waals surface area contributed by atoms with Crippen LogP contribution < -0.4 is 0 Å². The van der Waals surface area contributed by atoms with Crippen molar-refractivity contribution in [2.24, 2.45) is 0 Å². The number of allylic oxidation sites excluding steroid dienone is 5. The molecule has 0 aromatic carbocycles. The summed E-state index contributed by atoms with van der Waals surface area (Å²) in [4.78, 5) is 5.18. The van der Waals surface area contributed by atoms with Gasteiger partial charge in [-0.15, -0.1) is 0 Å². The highest BCUT2D eigenvalue weighted by Gasteiger charge is 2.14. The van der Waals surface area contributed by atoms with Crippen LogP contribution in [0.4, 0.5) is 0 Å². The summed E-state index contributed by atoms with van der Waals surface area (Å²) in [5.74, 6) is 0. The fraction of sp³-hybridized carbons (Fsp3) is 0.273. The summed E-state index contributed by atoms with van der Waals surface area (Å²) >= 11 is 3.58. The van der Waals surface area contributed by atoms with Gasteiger partial charge in [0.25, 0.3) is 0 Å². The third kappa shape index (κ3) is 2.82. The van der Waals surface area contributed by atoms with Gasteiger partial charge in [-0.05, 0) is 36.7 Å². The monoisotopic (exact) mass is 210 g/mol. The Morgan fingerprint density at radius 2 is 1.77 bits per heavy atom. The molecule has 1 heterocycles. The summed E-state index contributed by atoms with van der Waals surface area (Å²) in [5.41, 5.74) is 0. The van der Waals surface area contributed by atoms with E-state index in [9.17, 15) is 0 Å². The Hall–Kier alpha value is -0.340. The Morgan fingerprint density at radius 3 is 2.38 bits per heavy atom.